The molecule has 0 saturated heterocycles. The first-order valence-corrected chi connectivity index (χ1v) is 6.32. The summed E-state index contributed by atoms with van der Waals surface area (Å²) in [4.78, 5) is 11.4. The number of carbonyl (C=O) groups excluding carboxylic acids is 1. The summed E-state index contributed by atoms with van der Waals surface area (Å²) < 4.78 is 4.64. The van der Waals surface area contributed by atoms with E-state index in [1.54, 1.807) is 18.2 Å². The van der Waals surface area contributed by atoms with Crippen molar-refractivity contribution in [3.63, 3.8) is 0 Å². The van der Waals surface area contributed by atoms with Crippen molar-refractivity contribution in [2.75, 3.05) is 7.11 Å². The minimum Gasteiger partial charge on any atom is -0.508 e. The van der Waals surface area contributed by atoms with Crippen molar-refractivity contribution in [3.05, 3.63) is 54.1 Å². The first kappa shape index (κ1) is 14.1. The monoisotopic (exact) mass is 271 g/mol. The Bertz CT molecular complexity index is 596. The average Bonchev–Trinajstić information content (AvgIpc) is 2.49. The highest BCUT2D eigenvalue weighted by atomic mass is 16.5. The summed E-state index contributed by atoms with van der Waals surface area (Å²) >= 11 is 0. The maximum Gasteiger partial charge on any atom is 0.322 e. The van der Waals surface area contributed by atoms with Gasteiger partial charge in [-0.15, -0.1) is 0 Å². The van der Waals surface area contributed by atoms with E-state index in [1.165, 1.54) is 7.11 Å². The van der Waals surface area contributed by atoms with Crippen molar-refractivity contribution in [2.45, 2.75) is 12.5 Å². The van der Waals surface area contributed by atoms with Gasteiger partial charge in [0.1, 0.15) is 11.8 Å². The van der Waals surface area contributed by atoms with E-state index in [1.807, 2.05) is 30.3 Å². The van der Waals surface area contributed by atoms with E-state index >= 15 is 0 Å². The number of methoxy groups -OCH3 is 1. The van der Waals surface area contributed by atoms with Gasteiger partial charge in [-0.2, -0.15) is 0 Å². The number of aromatic hydroxyl groups is 1. The van der Waals surface area contributed by atoms with Crippen molar-refractivity contribution in [3.8, 4) is 16.9 Å². The van der Waals surface area contributed by atoms with Crippen LogP contribution in [0.3, 0.4) is 0 Å². The normalized spacial score (nSPS) is 11.9. The number of hydrogen-bond donors (Lipinski definition) is 2. The van der Waals surface area contributed by atoms with Gasteiger partial charge < -0.3 is 15.6 Å². The number of benzene rings is 2. The smallest absolute Gasteiger partial charge is 0.322 e. The molecule has 0 aliphatic heterocycles. The standard InChI is InChI=1S/C16H17NO3/c1-20-16(19)15(17)9-12-7-8-13(18)10-14(12)11-5-3-2-4-6-11/h2-8,10,15,18H,9,17H2,1H3. The second kappa shape index (κ2) is 6.21. The van der Waals surface area contributed by atoms with E-state index in [-0.39, 0.29) is 5.75 Å². The Morgan fingerprint density at radius 1 is 1.25 bits per heavy atom. The fourth-order valence-electron chi connectivity index (χ4n) is 2.10. The lowest BCUT2D eigenvalue weighted by Crippen LogP contribution is -2.33. The molecule has 0 aliphatic rings. The molecular weight excluding hydrogens is 254 g/mol. The third-order valence-corrected chi connectivity index (χ3v) is 3.12. The molecule has 20 heavy (non-hydrogen) atoms. The Hall–Kier alpha value is -2.33. The zero-order chi connectivity index (χ0) is 14.5. The SMILES string of the molecule is COC(=O)C(N)Cc1ccc(O)cc1-c1ccccc1. The van der Waals surface area contributed by atoms with Gasteiger partial charge in [0, 0.05) is 0 Å². The third-order valence-electron chi connectivity index (χ3n) is 3.12. The second-order valence-electron chi connectivity index (χ2n) is 4.54. The lowest BCUT2D eigenvalue weighted by atomic mass is 9.95. The van der Waals surface area contributed by atoms with Crippen molar-refractivity contribution in [1.82, 2.24) is 0 Å². The fraction of sp³-hybridized carbons (Fsp3) is 0.188. The van der Waals surface area contributed by atoms with Gasteiger partial charge in [0.15, 0.2) is 0 Å². The average molecular weight is 271 g/mol. The van der Waals surface area contributed by atoms with Crippen LogP contribution in [0.2, 0.25) is 0 Å². The van der Waals surface area contributed by atoms with Gasteiger partial charge in [-0.05, 0) is 35.2 Å². The Labute approximate surface area is 117 Å². The van der Waals surface area contributed by atoms with Crippen LogP contribution in [-0.4, -0.2) is 24.2 Å². The van der Waals surface area contributed by atoms with Crippen LogP contribution in [0, 0.1) is 0 Å². The molecule has 0 radical (unpaired) electrons. The maximum absolute atomic E-state index is 11.4. The second-order valence-corrected chi connectivity index (χ2v) is 4.54. The molecule has 4 nitrogen and oxygen atoms in total. The van der Waals surface area contributed by atoms with Crippen molar-refractivity contribution >= 4 is 5.97 Å². The van der Waals surface area contributed by atoms with Crippen LogP contribution >= 0.6 is 0 Å². The number of ether oxygens (including phenoxy) is 1. The summed E-state index contributed by atoms with van der Waals surface area (Å²) in [5.41, 5.74) is 8.54. The van der Waals surface area contributed by atoms with Gasteiger partial charge in [-0.3, -0.25) is 4.79 Å². The van der Waals surface area contributed by atoms with Crippen LogP contribution in [0.25, 0.3) is 11.1 Å². The molecule has 0 fully saturated rings. The first-order valence-electron chi connectivity index (χ1n) is 6.32. The molecule has 104 valence electrons. The Morgan fingerprint density at radius 3 is 2.60 bits per heavy atom. The highest BCUT2D eigenvalue weighted by molar-refractivity contribution is 5.77. The molecule has 1 atom stereocenters. The van der Waals surface area contributed by atoms with E-state index in [0.717, 1.165) is 16.7 Å². The molecule has 0 amide bonds. The van der Waals surface area contributed by atoms with Gasteiger partial charge in [0.05, 0.1) is 7.11 Å². The molecule has 3 N–H and O–H groups in total. The molecule has 0 aromatic heterocycles. The highest BCUT2D eigenvalue weighted by Crippen LogP contribution is 2.28. The number of esters is 1. The molecule has 0 aliphatic carbocycles. The number of phenolic OH excluding ortho intramolecular Hbond substituents is 1. The minimum atomic E-state index is -0.716. The van der Waals surface area contributed by atoms with Crippen LogP contribution in [-0.2, 0) is 16.0 Å². The summed E-state index contributed by atoms with van der Waals surface area (Å²) in [6.45, 7) is 0. The lowest BCUT2D eigenvalue weighted by molar-refractivity contribution is -0.142. The van der Waals surface area contributed by atoms with E-state index in [4.69, 9.17) is 5.73 Å². The molecule has 0 heterocycles. The topological polar surface area (TPSA) is 72.5 Å². The highest BCUT2D eigenvalue weighted by Gasteiger charge is 2.17. The Balaban J connectivity index is 2.36. The molecule has 1 unspecified atom stereocenters. The van der Waals surface area contributed by atoms with Crippen molar-refractivity contribution < 1.29 is 14.6 Å². The fourth-order valence-corrected chi connectivity index (χ4v) is 2.10. The lowest BCUT2D eigenvalue weighted by Gasteiger charge is -2.14. The quantitative estimate of drug-likeness (QED) is 0.835. The summed E-state index contributed by atoms with van der Waals surface area (Å²) in [6.07, 6.45) is 0.358. The molecule has 2 aromatic rings. The molecule has 2 aromatic carbocycles. The predicted octanol–water partition coefficient (Wildman–Crippen LogP) is 2.10. The molecule has 4 heteroatoms. The number of hydrogen-bond acceptors (Lipinski definition) is 4. The van der Waals surface area contributed by atoms with E-state index in [0.29, 0.717) is 6.42 Å². The van der Waals surface area contributed by atoms with Crippen LogP contribution in [0.5, 0.6) is 5.75 Å². The summed E-state index contributed by atoms with van der Waals surface area (Å²) in [5.74, 6) is -0.267. The van der Waals surface area contributed by atoms with Gasteiger partial charge in [-0.25, -0.2) is 0 Å². The zero-order valence-electron chi connectivity index (χ0n) is 11.2. The van der Waals surface area contributed by atoms with Gasteiger partial charge >= 0.3 is 5.97 Å². The van der Waals surface area contributed by atoms with Gasteiger partial charge in [-0.1, -0.05) is 36.4 Å². The summed E-state index contributed by atoms with van der Waals surface area (Å²) in [7, 11) is 1.32. The van der Waals surface area contributed by atoms with E-state index in [2.05, 4.69) is 4.74 Å². The van der Waals surface area contributed by atoms with Crippen LogP contribution in [0.15, 0.2) is 48.5 Å². The van der Waals surface area contributed by atoms with Gasteiger partial charge in [0.25, 0.3) is 0 Å². The van der Waals surface area contributed by atoms with Crippen molar-refractivity contribution in [2.24, 2.45) is 5.73 Å². The largest absolute Gasteiger partial charge is 0.508 e. The van der Waals surface area contributed by atoms with Crippen LogP contribution in [0.4, 0.5) is 0 Å². The number of nitrogens with two attached hydrogens (primary N) is 1. The minimum absolute atomic E-state index is 0.180. The molecule has 0 spiro atoms. The van der Waals surface area contributed by atoms with E-state index in [9.17, 15) is 9.90 Å². The Morgan fingerprint density at radius 2 is 1.95 bits per heavy atom. The Kier molecular flexibility index (Phi) is 4.38. The molecule has 0 saturated carbocycles. The molecule has 0 bridgehead atoms. The summed E-state index contributed by atoms with van der Waals surface area (Å²) in [6, 6.07) is 14.0. The van der Waals surface area contributed by atoms with E-state index < -0.39 is 12.0 Å². The summed E-state index contributed by atoms with van der Waals surface area (Å²) in [5, 5.41) is 9.67. The predicted molar refractivity (Wildman–Crippen MR) is 77.2 cm³/mol. The van der Waals surface area contributed by atoms with Crippen LogP contribution < -0.4 is 5.73 Å². The van der Waals surface area contributed by atoms with Crippen molar-refractivity contribution in [1.29, 1.82) is 0 Å². The molecule has 2 rings (SSSR count). The number of phenols is 1. The van der Waals surface area contributed by atoms with Crippen LogP contribution in [0.1, 0.15) is 5.56 Å². The first-order chi connectivity index (χ1) is 9.61. The third kappa shape index (κ3) is 3.16. The maximum atomic E-state index is 11.4. The number of rotatable bonds is 4. The van der Waals surface area contributed by atoms with Gasteiger partial charge in [0.2, 0.25) is 0 Å². The molecular formula is C16H17NO3. The zero-order valence-corrected chi connectivity index (χ0v) is 11.2. The number of carbonyl (C=O) groups is 1.